The van der Waals surface area contributed by atoms with E-state index in [0.717, 1.165) is 16.1 Å². The van der Waals surface area contributed by atoms with Crippen molar-refractivity contribution in [1.82, 2.24) is 0 Å². The molecule has 0 bridgehead atoms. The Hall–Kier alpha value is -0.930. The summed E-state index contributed by atoms with van der Waals surface area (Å²) in [6.45, 7) is 2.01. The highest BCUT2D eigenvalue weighted by atomic mass is 35.5. The van der Waals surface area contributed by atoms with Crippen LogP contribution in [0.25, 0.3) is 0 Å². The minimum absolute atomic E-state index is 0.617. The average molecular weight is 165 g/mol. The van der Waals surface area contributed by atoms with Gasteiger partial charge >= 0.3 is 0 Å². The van der Waals surface area contributed by atoms with Crippen LogP contribution < -0.4 is 0 Å². The van der Waals surface area contributed by atoms with Crippen LogP contribution in [0.3, 0.4) is 0 Å². The number of rotatable bonds is 1. The first-order valence-electron chi connectivity index (χ1n) is 3.43. The number of aryl methyl sites for hydroxylation is 1. The van der Waals surface area contributed by atoms with Gasteiger partial charge in [-0.15, -0.1) is 12.3 Å². The normalized spacial score (nSPS) is 9.18. The molecular weight excluding hydrogens is 156 g/mol. The van der Waals surface area contributed by atoms with E-state index in [4.69, 9.17) is 18.0 Å². The van der Waals surface area contributed by atoms with Crippen LogP contribution in [-0.2, 0) is 6.42 Å². The van der Waals surface area contributed by atoms with Crippen LogP contribution in [0.1, 0.15) is 11.1 Å². The average Bonchev–Trinajstić information content (AvgIpc) is 1.97. The zero-order chi connectivity index (χ0) is 8.27. The van der Waals surface area contributed by atoms with Crippen LogP contribution in [0.5, 0.6) is 0 Å². The first-order chi connectivity index (χ1) is 5.25. The molecule has 0 nitrogen and oxygen atoms in total. The summed E-state index contributed by atoms with van der Waals surface area (Å²) in [5.41, 5.74) is 2.23. The fourth-order valence-corrected chi connectivity index (χ4v) is 1.28. The third-order valence-electron chi connectivity index (χ3n) is 1.63. The van der Waals surface area contributed by atoms with Crippen LogP contribution in [0.4, 0.5) is 0 Å². The van der Waals surface area contributed by atoms with Crippen molar-refractivity contribution in [3.8, 4) is 12.3 Å². The van der Waals surface area contributed by atoms with Gasteiger partial charge in [0, 0.05) is 11.4 Å². The molecule has 0 aliphatic carbocycles. The summed E-state index contributed by atoms with van der Waals surface area (Å²) in [6.07, 6.45) is 5.81. The zero-order valence-corrected chi connectivity index (χ0v) is 7.15. The van der Waals surface area contributed by atoms with Crippen LogP contribution in [0.2, 0.25) is 5.02 Å². The first-order valence-corrected chi connectivity index (χ1v) is 3.81. The summed E-state index contributed by atoms with van der Waals surface area (Å²) < 4.78 is 0. The minimum atomic E-state index is 0.617. The number of hydrogen-bond donors (Lipinski definition) is 0. The highest BCUT2D eigenvalue weighted by molar-refractivity contribution is 6.31. The Balaban J connectivity index is 3.12. The van der Waals surface area contributed by atoms with E-state index in [1.54, 1.807) is 0 Å². The van der Waals surface area contributed by atoms with Gasteiger partial charge in [0.1, 0.15) is 0 Å². The van der Waals surface area contributed by atoms with Crippen LogP contribution in [0, 0.1) is 19.3 Å². The van der Waals surface area contributed by atoms with Crippen LogP contribution >= 0.6 is 11.6 Å². The van der Waals surface area contributed by atoms with Gasteiger partial charge in [0.05, 0.1) is 0 Å². The van der Waals surface area contributed by atoms with Gasteiger partial charge in [0.15, 0.2) is 0 Å². The molecule has 0 saturated carbocycles. The van der Waals surface area contributed by atoms with Gasteiger partial charge in [0.2, 0.25) is 0 Å². The molecule has 1 rings (SSSR count). The molecule has 0 spiro atoms. The molecule has 0 radical (unpaired) electrons. The van der Waals surface area contributed by atoms with Gasteiger partial charge in [-0.1, -0.05) is 23.7 Å². The lowest BCUT2D eigenvalue weighted by atomic mass is 10.1. The predicted octanol–water partition coefficient (Wildman–Crippen LogP) is 2.82. The number of halogens is 1. The van der Waals surface area contributed by atoms with Crippen molar-refractivity contribution >= 4 is 11.6 Å². The maximum absolute atomic E-state index is 5.91. The zero-order valence-electron chi connectivity index (χ0n) is 6.39. The van der Waals surface area contributed by atoms with Gasteiger partial charge in [-0.3, -0.25) is 0 Å². The number of benzene rings is 1. The minimum Gasteiger partial charge on any atom is -0.120 e. The molecule has 0 aliphatic rings. The van der Waals surface area contributed by atoms with Gasteiger partial charge in [-0.2, -0.15) is 0 Å². The Morgan fingerprint density at radius 3 is 2.82 bits per heavy atom. The Morgan fingerprint density at radius 2 is 2.27 bits per heavy atom. The Bertz CT molecular complexity index is 274. The van der Waals surface area contributed by atoms with Crippen molar-refractivity contribution in [3.63, 3.8) is 0 Å². The molecule has 0 aromatic heterocycles. The van der Waals surface area contributed by atoms with Gasteiger partial charge in [0.25, 0.3) is 0 Å². The van der Waals surface area contributed by atoms with Crippen molar-refractivity contribution in [2.45, 2.75) is 13.3 Å². The van der Waals surface area contributed by atoms with Crippen molar-refractivity contribution in [3.05, 3.63) is 34.3 Å². The molecule has 0 saturated heterocycles. The third kappa shape index (κ3) is 1.76. The van der Waals surface area contributed by atoms with E-state index in [2.05, 4.69) is 5.92 Å². The van der Waals surface area contributed by atoms with E-state index in [-0.39, 0.29) is 0 Å². The van der Waals surface area contributed by atoms with E-state index in [9.17, 15) is 0 Å². The van der Waals surface area contributed by atoms with Crippen molar-refractivity contribution in [2.24, 2.45) is 0 Å². The maximum atomic E-state index is 5.91. The molecule has 56 valence electrons. The second-order valence-electron chi connectivity index (χ2n) is 2.42. The quantitative estimate of drug-likeness (QED) is 0.560. The third-order valence-corrected chi connectivity index (χ3v) is 1.99. The fourth-order valence-electron chi connectivity index (χ4n) is 0.992. The molecule has 11 heavy (non-hydrogen) atoms. The van der Waals surface area contributed by atoms with Crippen molar-refractivity contribution < 1.29 is 0 Å². The highest BCUT2D eigenvalue weighted by Crippen LogP contribution is 2.19. The molecule has 0 fully saturated rings. The first kappa shape index (κ1) is 8.17. The van der Waals surface area contributed by atoms with Gasteiger partial charge in [-0.05, 0) is 24.1 Å². The Kier molecular flexibility index (Phi) is 2.57. The second-order valence-corrected chi connectivity index (χ2v) is 2.82. The smallest absolute Gasteiger partial charge is 0.0450 e. The van der Waals surface area contributed by atoms with E-state index in [1.807, 2.05) is 25.1 Å². The molecule has 0 heterocycles. The van der Waals surface area contributed by atoms with Crippen molar-refractivity contribution in [2.75, 3.05) is 0 Å². The molecule has 0 amide bonds. The molecule has 0 aliphatic heterocycles. The SMILES string of the molecule is C#CCc1c(C)cccc1Cl. The number of terminal acetylenes is 1. The van der Waals surface area contributed by atoms with E-state index < -0.39 is 0 Å². The summed E-state index contributed by atoms with van der Waals surface area (Å²) in [7, 11) is 0. The molecule has 1 aromatic rings. The van der Waals surface area contributed by atoms with Gasteiger partial charge in [-0.25, -0.2) is 0 Å². The van der Waals surface area contributed by atoms with Crippen molar-refractivity contribution in [1.29, 1.82) is 0 Å². The standard InChI is InChI=1S/C10H9Cl/c1-3-5-9-8(2)6-4-7-10(9)11/h1,4,6-7H,5H2,2H3. The molecule has 0 unspecified atom stereocenters. The Labute approximate surface area is 72.2 Å². The summed E-state index contributed by atoms with van der Waals surface area (Å²) >= 11 is 5.91. The predicted molar refractivity (Wildman–Crippen MR) is 48.7 cm³/mol. The van der Waals surface area contributed by atoms with Crippen LogP contribution in [-0.4, -0.2) is 0 Å². The monoisotopic (exact) mass is 164 g/mol. The van der Waals surface area contributed by atoms with E-state index in [1.165, 1.54) is 0 Å². The van der Waals surface area contributed by atoms with Gasteiger partial charge < -0.3 is 0 Å². The lowest BCUT2D eigenvalue weighted by molar-refractivity contribution is 1.25. The number of hydrogen-bond acceptors (Lipinski definition) is 0. The fraction of sp³-hybridized carbons (Fsp3) is 0.200. The second kappa shape index (κ2) is 3.46. The summed E-state index contributed by atoms with van der Waals surface area (Å²) in [5.74, 6) is 2.58. The topological polar surface area (TPSA) is 0 Å². The molecular formula is C10H9Cl. The molecule has 1 heteroatoms. The summed E-state index contributed by atoms with van der Waals surface area (Å²) in [5, 5.41) is 0.767. The van der Waals surface area contributed by atoms with Crippen LogP contribution in [0.15, 0.2) is 18.2 Å². The molecule has 0 N–H and O–H groups in total. The summed E-state index contributed by atoms with van der Waals surface area (Å²) in [4.78, 5) is 0. The Morgan fingerprint density at radius 1 is 1.55 bits per heavy atom. The highest BCUT2D eigenvalue weighted by Gasteiger charge is 1.99. The summed E-state index contributed by atoms with van der Waals surface area (Å²) in [6, 6.07) is 5.80. The molecule has 0 atom stereocenters. The largest absolute Gasteiger partial charge is 0.120 e. The lowest BCUT2D eigenvalue weighted by Gasteiger charge is -2.02. The molecule has 1 aromatic carbocycles. The van der Waals surface area contributed by atoms with E-state index >= 15 is 0 Å². The maximum Gasteiger partial charge on any atom is 0.0450 e. The van der Waals surface area contributed by atoms with E-state index in [0.29, 0.717) is 6.42 Å². The lowest BCUT2D eigenvalue weighted by Crippen LogP contribution is -1.87.